The van der Waals surface area contributed by atoms with Crippen molar-refractivity contribution in [1.82, 2.24) is 10.2 Å². The van der Waals surface area contributed by atoms with E-state index in [9.17, 15) is 9.59 Å². The number of methoxy groups -OCH3 is 1. The van der Waals surface area contributed by atoms with Gasteiger partial charge < -0.3 is 15.0 Å². The van der Waals surface area contributed by atoms with E-state index in [-0.39, 0.29) is 11.8 Å². The van der Waals surface area contributed by atoms with Gasteiger partial charge in [-0.2, -0.15) is 5.26 Å². The quantitative estimate of drug-likeness (QED) is 0.917. The molecule has 1 heterocycles. The number of nitriles is 1. The summed E-state index contributed by atoms with van der Waals surface area (Å²) in [5, 5.41) is 11.9. The minimum atomic E-state index is -1.10. The lowest BCUT2D eigenvalue weighted by atomic mass is 10.0. The second-order valence-electron chi connectivity index (χ2n) is 6.07. The molecule has 0 bridgehead atoms. The number of hydrogen-bond acceptors (Lipinski definition) is 4. The van der Waals surface area contributed by atoms with Crippen molar-refractivity contribution in [3.8, 4) is 11.8 Å². The number of nitrogens with zero attached hydrogens (tertiary/aromatic N) is 2. The highest BCUT2D eigenvalue weighted by Crippen LogP contribution is 2.22. The Morgan fingerprint density at radius 1 is 1.39 bits per heavy atom. The summed E-state index contributed by atoms with van der Waals surface area (Å²) in [5.41, 5.74) is -0.730. The molecule has 1 atom stereocenters. The molecule has 0 spiro atoms. The highest BCUT2D eigenvalue weighted by Gasteiger charge is 2.39. The third-order valence-electron chi connectivity index (χ3n) is 3.97. The molecule has 0 saturated carbocycles. The van der Waals surface area contributed by atoms with Gasteiger partial charge in [-0.3, -0.25) is 9.59 Å². The Bertz CT molecular complexity index is 649. The van der Waals surface area contributed by atoms with Crippen molar-refractivity contribution in [3.05, 3.63) is 29.8 Å². The minimum absolute atomic E-state index is 0.246. The van der Waals surface area contributed by atoms with Gasteiger partial charge in [0.2, 0.25) is 5.91 Å². The number of carbonyl (C=O) groups excluding carboxylic acids is 2. The van der Waals surface area contributed by atoms with Crippen molar-refractivity contribution in [1.29, 1.82) is 5.26 Å². The van der Waals surface area contributed by atoms with Crippen LogP contribution in [0.2, 0.25) is 0 Å². The largest absolute Gasteiger partial charge is 0.496 e. The molecule has 6 nitrogen and oxygen atoms in total. The number of amides is 2. The van der Waals surface area contributed by atoms with E-state index in [1.54, 1.807) is 43.0 Å². The fourth-order valence-electron chi connectivity index (χ4n) is 2.74. The van der Waals surface area contributed by atoms with E-state index in [4.69, 9.17) is 10.00 Å². The maximum Gasteiger partial charge on any atom is 0.255 e. The average Bonchev–Trinajstić information content (AvgIpc) is 3.01. The van der Waals surface area contributed by atoms with Crippen LogP contribution in [0.25, 0.3) is 0 Å². The van der Waals surface area contributed by atoms with Crippen LogP contribution in [-0.4, -0.2) is 41.9 Å². The number of rotatable bonds is 4. The first kappa shape index (κ1) is 16.8. The van der Waals surface area contributed by atoms with Gasteiger partial charge >= 0.3 is 0 Å². The molecule has 1 N–H and O–H groups in total. The van der Waals surface area contributed by atoms with E-state index in [0.717, 1.165) is 6.42 Å². The number of ether oxygens (including phenoxy) is 1. The number of benzene rings is 1. The van der Waals surface area contributed by atoms with Gasteiger partial charge in [0.05, 0.1) is 18.7 Å². The number of carbonyl (C=O) groups is 2. The molecule has 1 aliphatic heterocycles. The third-order valence-corrected chi connectivity index (χ3v) is 3.97. The van der Waals surface area contributed by atoms with Gasteiger partial charge in [-0.05, 0) is 38.8 Å². The molecule has 0 unspecified atom stereocenters. The molecule has 0 aliphatic carbocycles. The minimum Gasteiger partial charge on any atom is -0.496 e. The molecular weight excluding hydrogens is 294 g/mol. The van der Waals surface area contributed by atoms with Crippen LogP contribution in [0.4, 0.5) is 0 Å². The molecule has 6 heteroatoms. The first-order valence-electron chi connectivity index (χ1n) is 7.57. The standard InChI is InChI=1S/C17H21N3O3/c1-17(2,16(22)20-10-6-7-12(20)11-18)19-15(21)13-8-4-5-9-14(13)23-3/h4-5,8-9,12H,6-7,10H2,1-3H3,(H,19,21)/t12-/m0/s1. The zero-order valence-corrected chi connectivity index (χ0v) is 13.6. The number of likely N-dealkylation sites (tertiary alicyclic amines) is 1. The monoisotopic (exact) mass is 315 g/mol. The normalized spacial score (nSPS) is 17.5. The van der Waals surface area contributed by atoms with E-state index >= 15 is 0 Å². The molecule has 2 rings (SSSR count). The summed E-state index contributed by atoms with van der Waals surface area (Å²) in [6.45, 7) is 3.84. The van der Waals surface area contributed by atoms with Crippen molar-refractivity contribution < 1.29 is 14.3 Å². The lowest BCUT2D eigenvalue weighted by molar-refractivity contribution is -0.136. The number of hydrogen-bond donors (Lipinski definition) is 1. The molecule has 1 aromatic rings. The Balaban J connectivity index is 2.15. The molecule has 122 valence electrons. The van der Waals surface area contributed by atoms with Gasteiger partial charge in [-0.1, -0.05) is 12.1 Å². The first-order chi connectivity index (χ1) is 10.9. The van der Waals surface area contributed by atoms with Crippen LogP contribution in [-0.2, 0) is 4.79 Å². The summed E-state index contributed by atoms with van der Waals surface area (Å²) in [7, 11) is 1.49. The third kappa shape index (κ3) is 3.45. The molecule has 1 aromatic carbocycles. The molecule has 0 aromatic heterocycles. The average molecular weight is 315 g/mol. The highest BCUT2D eigenvalue weighted by atomic mass is 16.5. The Kier molecular flexibility index (Phi) is 4.89. The summed E-state index contributed by atoms with van der Waals surface area (Å²) < 4.78 is 5.18. The summed E-state index contributed by atoms with van der Waals surface area (Å²) >= 11 is 0. The SMILES string of the molecule is COc1ccccc1C(=O)NC(C)(C)C(=O)N1CCC[C@H]1C#N. The molecule has 0 radical (unpaired) electrons. The second-order valence-corrected chi connectivity index (χ2v) is 6.07. The highest BCUT2D eigenvalue weighted by molar-refractivity contribution is 6.00. The van der Waals surface area contributed by atoms with Crippen molar-refractivity contribution in [3.63, 3.8) is 0 Å². The molecule has 1 aliphatic rings. The lowest BCUT2D eigenvalue weighted by Crippen LogP contribution is -2.56. The molecule has 23 heavy (non-hydrogen) atoms. The van der Waals surface area contributed by atoms with E-state index in [1.807, 2.05) is 0 Å². The van der Waals surface area contributed by atoms with E-state index in [0.29, 0.717) is 24.3 Å². The van der Waals surface area contributed by atoms with Crippen LogP contribution in [0.15, 0.2) is 24.3 Å². The van der Waals surface area contributed by atoms with E-state index in [2.05, 4.69) is 11.4 Å². The van der Waals surface area contributed by atoms with Crippen LogP contribution in [0, 0.1) is 11.3 Å². The lowest BCUT2D eigenvalue weighted by Gasteiger charge is -2.31. The van der Waals surface area contributed by atoms with E-state index < -0.39 is 11.6 Å². The van der Waals surface area contributed by atoms with Crippen molar-refractivity contribution in [2.45, 2.75) is 38.3 Å². The second kappa shape index (κ2) is 6.69. The molecule has 1 fully saturated rings. The Morgan fingerprint density at radius 2 is 2.09 bits per heavy atom. The topological polar surface area (TPSA) is 82.4 Å². The summed E-state index contributed by atoms with van der Waals surface area (Å²) in [5.74, 6) is -0.178. The van der Waals surface area contributed by atoms with Gasteiger partial charge in [0.15, 0.2) is 0 Å². The smallest absolute Gasteiger partial charge is 0.255 e. The van der Waals surface area contributed by atoms with Crippen LogP contribution >= 0.6 is 0 Å². The Hall–Kier alpha value is -2.55. The van der Waals surface area contributed by atoms with Crippen LogP contribution in [0.1, 0.15) is 37.0 Å². The van der Waals surface area contributed by atoms with E-state index in [1.165, 1.54) is 7.11 Å². The van der Waals surface area contributed by atoms with Crippen LogP contribution in [0.5, 0.6) is 5.75 Å². The van der Waals surface area contributed by atoms with Crippen LogP contribution in [0.3, 0.4) is 0 Å². The van der Waals surface area contributed by atoms with Crippen molar-refractivity contribution >= 4 is 11.8 Å². The summed E-state index contributed by atoms with van der Waals surface area (Å²) in [6, 6.07) is 8.57. The molecular formula is C17H21N3O3. The van der Waals surface area contributed by atoms with Gasteiger partial charge in [0.1, 0.15) is 17.3 Å². The zero-order chi connectivity index (χ0) is 17.0. The van der Waals surface area contributed by atoms with Gasteiger partial charge in [-0.15, -0.1) is 0 Å². The summed E-state index contributed by atoms with van der Waals surface area (Å²) in [4.78, 5) is 26.7. The summed E-state index contributed by atoms with van der Waals surface area (Å²) in [6.07, 6.45) is 1.49. The maximum atomic E-state index is 12.7. The predicted octanol–water partition coefficient (Wildman–Crippen LogP) is 1.72. The Morgan fingerprint density at radius 3 is 2.74 bits per heavy atom. The van der Waals surface area contributed by atoms with Crippen molar-refractivity contribution in [2.24, 2.45) is 0 Å². The number of nitrogens with one attached hydrogen (secondary N) is 1. The first-order valence-corrected chi connectivity index (χ1v) is 7.57. The van der Waals surface area contributed by atoms with Gasteiger partial charge in [-0.25, -0.2) is 0 Å². The Labute approximate surface area is 136 Å². The fraction of sp³-hybridized carbons (Fsp3) is 0.471. The predicted molar refractivity (Wildman–Crippen MR) is 84.9 cm³/mol. The zero-order valence-electron chi connectivity index (χ0n) is 13.6. The molecule has 2 amide bonds. The van der Waals surface area contributed by atoms with Gasteiger partial charge in [0.25, 0.3) is 5.91 Å². The number of para-hydroxylation sites is 1. The van der Waals surface area contributed by atoms with Gasteiger partial charge in [0, 0.05) is 6.54 Å². The van der Waals surface area contributed by atoms with Crippen molar-refractivity contribution in [2.75, 3.05) is 13.7 Å². The fourth-order valence-corrected chi connectivity index (χ4v) is 2.74. The molecule has 1 saturated heterocycles. The van der Waals surface area contributed by atoms with Crippen LogP contribution < -0.4 is 10.1 Å². The maximum absolute atomic E-state index is 12.7.